The van der Waals surface area contributed by atoms with Crippen LogP contribution in [0.25, 0.3) is 0 Å². The molecule has 1 aromatic carbocycles. The van der Waals surface area contributed by atoms with Crippen molar-refractivity contribution >= 4 is 5.96 Å². The van der Waals surface area contributed by atoms with E-state index in [9.17, 15) is 0 Å². The Morgan fingerprint density at radius 3 is 2.70 bits per heavy atom. The molecule has 1 unspecified atom stereocenters. The highest BCUT2D eigenvalue weighted by atomic mass is 16.5. The summed E-state index contributed by atoms with van der Waals surface area (Å²) in [5.74, 6) is 3.39. The molecule has 30 heavy (non-hydrogen) atoms. The summed E-state index contributed by atoms with van der Waals surface area (Å²) in [6.07, 6.45) is 6.23. The van der Waals surface area contributed by atoms with Crippen LogP contribution < -0.4 is 5.32 Å². The summed E-state index contributed by atoms with van der Waals surface area (Å²) in [6.45, 7) is 6.02. The number of likely N-dealkylation sites (tertiary alicyclic amines) is 1. The molecule has 1 aromatic heterocycles. The zero-order chi connectivity index (χ0) is 20.8. The number of benzene rings is 1. The van der Waals surface area contributed by atoms with Gasteiger partial charge in [0.15, 0.2) is 11.8 Å². The molecule has 162 valence electrons. The van der Waals surface area contributed by atoms with Gasteiger partial charge in [0.05, 0.1) is 13.2 Å². The zero-order valence-corrected chi connectivity index (χ0v) is 18.3. The number of guanidine groups is 1. The van der Waals surface area contributed by atoms with Crippen molar-refractivity contribution in [1.29, 1.82) is 0 Å². The first-order chi connectivity index (χ1) is 14.7. The predicted octanol–water partition coefficient (Wildman–Crippen LogP) is 3.05. The molecule has 7 heteroatoms. The molecule has 1 atom stereocenters. The van der Waals surface area contributed by atoms with Gasteiger partial charge in [0, 0.05) is 32.1 Å². The fourth-order valence-corrected chi connectivity index (χ4v) is 4.30. The van der Waals surface area contributed by atoms with Crippen molar-refractivity contribution in [1.82, 2.24) is 25.0 Å². The van der Waals surface area contributed by atoms with Crippen molar-refractivity contribution in [2.75, 3.05) is 19.7 Å². The maximum Gasteiger partial charge on any atom is 0.194 e. The van der Waals surface area contributed by atoms with Gasteiger partial charge < -0.3 is 19.5 Å². The normalized spacial score (nSPS) is 20.3. The maximum absolute atomic E-state index is 6.00. The Hall–Kier alpha value is -2.41. The van der Waals surface area contributed by atoms with E-state index in [0.29, 0.717) is 25.1 Å². The lowest BCUT2D eigenvalue weighted by Gasteiger charge is -2.25. The first kappa shape index (κ1) is 20.8. The lowest BCUT2D eigenvalue weighted by Crippen LogP contribution is -2.44. The minimum Gasteiger partial charge on any atom is -0.376 e. The molecular weight excluding hydrogens is 376 g/mol. The predicted molar refractivity (Wildman–Crippen MR) is 118 cm³/mol. The fourth-order valence-electron chi connectivity index (χ4n) is 4.30. The molecule has 0 amide bonds. The summed E-state index contributed by atoms with van der Waals surface area (Å²) in [6, 6.07) is 10.9. The van der Waals surface area contributed by atoms with E-state index in [0.717, 1.165) is 43.7 Å². The van der Waals surface area contributed by atoms with Crippen molar-refractivity contribution in [3.63, 3.8) is 0 Å². The van der Waals surface area contributed by atoms with Crippen LogP contribution in [0.2, 0.25) is 0 Å². The highest BCUT2D eigenvalue weighted by Gasteiger charge is 2.27. The summed E-state index contributed by atoms with van der Waals surface area (Å²) < 4.78 is 8.02. The fraction of sp³-hybridized carbons (Fsp3) is 0.609. The Kier molecular flexibility index (Phi) is 7.00. The second-order valence-electron chi connectivity index (χ2n) is 8.59. The number of hydrogen-bond donors (Lipinski definition) is 1. The van der Waals surface area contributed by atoms with Gasteiger partial charge >= 0.3 is 0 Å². The third-order valence-corrected chi connectivity index (χ3v) is 6.29. The molecule has 0 spiro atoms. The Balaban J connectivity index is 1.34. The Bertz CT molecular complexity index is 827. The first-order valence-corrected chi connectivity index (χ1v) is 11.2. The van der Waals surface area contributed by atoms with Gasteiger partial charge in [-0.25, -0.2) is 4.99 Å². The van der Waals surface area contributed by atoms with E-state index in [1.165, 1.54) is 31.2 Å². The summed E-state index contributed by atoms with van der Waals surface area (Å²) in [7, 11) is 2.00. The molecule has 2 aromatic rings. The van der Waals surface area contributed by atoms with Crippen molar-refractivity contribution in [3.05, 3.63) is 47.5 Å². The van der Waals surface area contributed by atoms with Crippen molar-refractivity contribution in [3.8, 4) is 0 Å². The molecule has 1 saturated carbocycles. The van der Waals surface area contributed by atoms with Crippen LogP contribution in [0.1, 0.15) is 49.3 Å². The number of nitrogens with one attached hydrogen (secondary N) is 1. The number of nitrogens with zero attached hydrogens (tertiary/aromatic N) is 5. The van der Waals surface area contributed by atoms with Crippen LogP contribution in [0.15, 0.2) is 35.3 Å². The molecule has 7 nitrogen and oxygen atoms in total. The highest BCUT2D eigenvalue weighted by molar-refractivity contribution is 5.80. The largest absolute Gasteiger partial charge is 0.376 e. The SMILES string of the molecule is Cc1nnc(CN=C(NC2CCCC2)N2CCC(COCc3ccccc3)C2)n1C. The standard InChI is InChI=1S/C23H34N6O/c1-18-26-27-22(28(18)2)14-24-23(25-21-10-6-7-11-21)29-13-12-20(15-29)17-30-16-19-8-4-3-5-9-19/h3-5,8-9,20-21H,6-7,10-17H2,1-2H3,(H,24,25). The molecule has 2 fully saturated rings. The molecule has 0 bridgehead atoms. The van der Waals surface area contributed by atoms with E-state index in [1.54, 1.807) is 0 Å². The second-order valence-corrected chi connectivity index (χ2v) is 8.59. The summed E-state index contributed by atoms with van der Waals surface area (Å²) in [4.78, 5) is 7.34. The lowest BCUT2D eigenvalue weighted by molar-refractivity contribution is 0.0906. The Labute approximate surface area is 179 Å². The van der Waals surface area contributed by atoms with Crippen molar-refractivity contribution < 1.29 is 4.74 Å². The molecule has 1 N–H and O–H groups in total. The lowest BCUT2D eigenvalue weighted by atomic mass is 10.1. The summed E-state index contributed by atoms with van der Waals surface area (Å²) in [5.41, 5.74) is 1.23. The highest BCUT2D eigenvalue weighted by Crippen LogP contribution is 2.21. The van der Waals surface area contributed by atoms with Gasteiger partial charge in [-0.1, -0.05) is 43.2 Å². The van der Waals surface area contributed by atoms with Crippen LogP contribution in [0.4, 0.5) is 0 Å². The van der Waals surface area contributed by atoms with E-state index in [1.807, 2.05) is 24.6 Å². The van der Waals surface area contributed by atoms with Crippen LogP contribution in [0, 0.1) is 12.8 Å². The van der Waals surface area contributed by atoms with E-state index in [-0.39, 0.29) is 0 Å². The van der Waals surface area contributed by atoms with Crippen LogP contribution >= 0.6 is 0 Å². The van der Waals surface area contributed by atoms with Crippen LogP contribution in [-0.4, -0.2) is 51.4 Å². The van der Waals surface area contributed by atoms with Gasteiger partial charge in [0.2, 0.25) is 0 Å². The van der Waals surface area contributed by atoms with Crippen LogP contribution in [-0.2, 0) is 24.9 Å². The quantitative estimate of drug-likeness (QED) is 0.561. The van der Waals surface area contributed by atoms with Crippen molar-refractivity contribution in [2.45, 2.75) is 58.2 Å². The smallest absolute Gasteiger partial charge is 0.194 e. The first-order valence-electron chi connectivity index (χ1n) is 11.2. The molecule has 2 heterocycles. The van der Waals surface area contributed by atoms with Crippen LogP contribution in [0.3, 0.4) is 0 Å². The number of aryl methyl sites for hydroxylation is 1. The van der Waals surface area contributed by atoms with E-state index < -0.39 is 0 Å². The summed E-state index contributed by atoms with van der Waals surface area (Å²) in [5, 5.41) is 12.2. The number of hydrogen-bond acceptors (Lipinski definition) is 4. The van der Waals surface area contributed by atoms with Crippen molar-refractivity contribution in [2.24, 2.45) is 18.0 Å². The number of aliphatic imine (C=N–C) groups is 1. The van der Waals surface area contributed by atoms with Gasteiger partial charge in [-0.15, -0.1) is 10.2 Å². The van der Waals surface area contributed by atoms with Gasteiger partial charge in [-0.3, -0.25) is 0 Å². The van der Waals surface area contributed by atoms with Crippen LogP contribution in [0.5, 0.6) is 0 Å². The molecular formula is C23H34N6O. The Morgan fingerprint density at radius 1 is 1.17 bits per heavy atom. The number of ether oxygens (including phenoxy) is 1. The molecule has 2 aliphatic rings. The van der Waals surface area contributed by atoms with E-state index in [4.69, 9.17) is 9.73 Å². The second kappa shape index (κ2) is 10.1. The minimum absolute atomic E-state index is 0.540. The van der Waals surface area contributed by atoms with Gasteiger partial charge in [-0.05, 0) is 31.7 Å². The summed E-state index contributed by atoms with van der Waals surface area (Å²) >= 11 is 0. The van der Waals surface area contributed by atoms with E-state index >= 15 is 0 Å². The number of aromatic nitrogens is 3. The molecule has 1 saturated heterocycles. The Morgan fingerprint density at radius 2 is 1.97 bits per heavy atom. The molecule has 1 aliphatic carbocycles. The zero-order valence-electron chi connectivity index (χ0n) is 18.3. The number of rotatable bonds is 7. The third-order valence-electron chi connectivity index (χ3n) is 6.29. The maximum atomic E-state index is 6.00. The molecule has 1 aliphatic heterocycles. The third kappa shape index (κ3) is 5.39. The van der Waals surface area contributed by atoms with Gasteiger partial charge in [0.25, 0.3) is 0 Å². The van der Waals surface area contributed by atoms with E-state index in [2.05, 4.69) is 44.7 Å². The molecule has 4 rings (SSSR count). The average molecular weight is 411 g/mol. The van der Waals surface area contributed by atoms with Gasteiger partial charge in [0.1, 0.15) is 12.4 Å². The molecule has 0 radical (unpaired) electrons. The average Bonchev–Trinajstić information content (AvgIpc) is 3.50. The van der Waals surface area contributed by atoms with Gasteiger partial charge in [-0.2, -0.15) is 0 Å². The monoisotopic (exact) mass is 410 g/mol. The topological polar surface area (TPSA) is 67.6 Å². The minimum atomic E-state index is 0.540.